The average molecular weight is 342 g/mol. The second-order valence-electron chi connectivity index (χ2n) is 5.75. The fourth-order valence-electron chi connectivity index (χ4n) is 2.87. The second-order valence-corrected chi connectivity index (χ2v) is 5.75. The molecule has 0 spiro atoms. The lowest BCUT2D eigenvalue weighted by Gasteiger charge is -2.40. The maximum absolute atomic E-state index is 12.4. The number of aromatic nitrogens is 4. The molecule has 2 aromatic heterocycles. The minimum atomic E-state index is -1.59. The van der Waals surface area contributed by atoms with Crippen molar-refractivity contribution >= 4 is 11.2 Å². The largest absolute Gasteiger partial charge is 0.394 e. The van der Waals surface area contributed by atoms with Crippen molar-refractivity contribution in [3.63, 3.8) is 0 Å². The third kappa shape index (κ3) is 2.21. The molecule has 24 heavy (non-hydrogen) atoms. The van der Waals surface area contributed by atoms with Crippen molar-refractivity contribution in [3.8, 4) is 0 Å². The highest BCUT2D eigenvalue weighted by atomic mass is 16.6. The molecule has 1 aliphatic heterocycles. The molecule has 1 aliphatic rings. The monoisotopic (exact) mass is 342 g/mol. The number of ether oxygens (including phenoxy) is 1. The lowest BCUT2D eigenvalue weighted by Crippen LogP contribution is -2.56. The number of rotatable bonds is 2. The number of aryl methyl sites for hydroxylation is 1. The molecule has 0 aromatic carbocycles. The summed E-state index contributed by atoms with van der Waals surface area (Å²) in [4.78, 5) is 28.4. The summed E-state index contributed by atoms with van der Waals surface area (Å²) in [6.45, 7) is -0.593. The van der Waals surface area contributed by atoms with Gasteiger partial charge in [0.2, 0.25) is 0 Å². The Labute approximate surface area is 134 Å². The summed E-state index contributed by atoms with van der Waals surface area (Å²) >= 11 is 0. The van der Waals surface area contributed by atoms with E-state index >= 15 is 0 Å². The van der Waals surface area contributed by atoms with E-state index in [1.165, 1.54) is 25.0 Å². The van der Waals surface area contributed by atoms with Gasteiger partial charge in [0.1, 0.15) is 24.4 Å². The molecule has 3 rings (SSSR count). The Kier molecular flexibility index (Phi) is 4.05. The van der Waals surface area contributed by atoms with Gasteiger partial charge in [-0.2, -0.15) is 0 Å². The Morgan fingerprint density at radius 3 is 2.42 bits per heavy atom. The number of aliphatic hydroxyl groups excluding tert-OH is 4. The molecule has 0 amide bonds. The molecule has 0 saturated carbocycles. The lowest BCUT2D eigenvalue weighted by molar-refractivity contribution is -0.250. The van der Waals surface area contributed by atoms with Crippen LogP contribution >= 0.6 is 0 Å². The smallest absolute Gasteiger partial charge is 0.332 e. The van der Waals surface area contributed by atoms with Crippen LogP contribution in [0.5, 0.6) is 0 Å². The average Bonchev–Trinajstić information content (AvgIpc) is 3.01. The van der Waals surface area contributed by atoms with Gasteiger partial charge in [-0.05, 0) is 0 Å². The van der Waals surface area contributed by atoms with Gasteiger partial charge in [0.05, 0.1) is 12.9 Å². The van der Waals surface area contributed by atoms with E-state index in [1.54, 1.807) is 0 Å². The fraction of sp³-hybridized carbons (Fsp3) is 0.615. The molecule has 1 saturated heterocycles. The molecule has 3 heterocycles. The van der Waals surface area contributed by atoms with Crippen LogP contribution in [0.25, 0.3) is 11.2 Å². The van der Waals surface area contributed by atoms with E-state index in [0.29, 0.717) is 0 Å². The van der Waals surface area contributed by atoms with Crippen LogP contribution in [0.2, 0.25) is 0 Å². The number of fused-ring (bicyclic) bond motifs is 1. The SMILES string of the molecule is Cn1c(=O)c2c(ncn2[C@H]2O[C@H](CO)[C@@H](O)[C@H](O)[C@@H]2O)n(C)c1=O. The predicted octanol–water partition coefficient (Wildman–Crippen LogP) is -3.59. The maximum atomic E-state index is 12.4. The first-order chi connectivity index (χ1) is 11.3. The topological polar surface area (TPSA) is 152 Å². The van der Waals surface area contributed by atoms with E-state index < -0.39 is 48.5 Å². The highest BCUT2D eigenvalue weighted by Crippen LogP contribution is 2.29. The zero-order chi connectivity index (χ0) is 17.8. The zero-order valence-corrected chi connectivity index (χ0v) is 13.0. The summed E-state index contributed by atoms with van der Waals surface area (Å²) in [5.74, 6) is 0. The van der Waals surface area contributed by atoms with Crippen LogP contribution in [0, 0.1) is 0 Å². The Balaban J connectivity index is 2.20. The number of nitrogens with zero attached hydrogens (tertiary/aromatic N) is 4. The van der Waals surface area contributed by atoms with Crippen LogP contribution in [0.15, 0.2) is 15.9 Å². The predicted molar refractivity (Wildman–Crippen MR) is 79.2 cm³/mol. The molecule has 0 unspecified atom stereocenters. The Hall–Kier alpha value is -2.05. The Morgan fingerprint density at radius 1 is 1.12 bits per heavy atom. The molecule has 132 valence electrons. The van der Waals surface area contributed by atoms with E-state index in [-0.39, 0.29) is 11.2 Å². The molecule has 0 bridgehead atoms. The van der Waals surface area contributed by atoms with Crippen molar-refractivity contribution in [1.29, 1.82) is 0 Å². The highest BCUT2D eigenvalue weighted by molar-refractivity contribution is 5.70. The van der Waals surface area contributed by atoms with Gasteiger partial charge in [0.15, 0.2) is 17.4 Å². The van der Waals surface area contributed by atoms with Gasteiger partial charge in [-0.1, -0.05) is 0 Å². The molecule has 0 radical (unpaired) electrons. The van der Waals surface area contributed by atoms with Gasteiger partial charge in [0, 0.05) is 14.1 Å². The first-order valence-electron chi connectivity index (χ1n) is 7.22. The van der Waals surface area contributed by atoms with Crippen molar-refractivity contribution in [1.82, 2.24) is 18.7 Å². The summed E-state index contributed by atoms with van der Waals surface area (Å²) in [5, 5.41) is 39.2. The summed E-state index contributed by atoms with van der Waals surface area (Å²) in [7, 11) is 2.74. The summed E-state index contributed by atoms with van der Waals surface area (Å²) < 4.78 is 8.65. The van der Waals surface area contributed by atoms with Gasteiger partial charge >= 0.3 is 5.69 Å². The number of imidazole rings is 1. The van der Waals surface area contributed by atoms with Crippen molar-refractivity contribution in [2.75, 3.05) is 6.61 Å². The fourth-order valence-corrected chi connectivity index (χ4v) is 2.87. The van der Waals surface area contributed by atoms with Crippen molar-refractivity contribution < 1.29 is 25.2 Å². The van der Waals surface area contributed by atoms with Crippen LogP contribution in [-0.4, -0.2) is 70.1 Å². The summed E-state index contributed by atoms with van der Waals surface area (Å²) in [6, 6.07) is 0. The van der Waals surface area contributed by atoms with Crippen molar-refractivity contribution in [2.45, 2.75) is 30.6 Å². The number of aliphatic hydroxyl groups is 4. The summed E-state index contributed by atoms with van der Waals surface area (Å²) in [5.41, 5.74) is -1.14. The Bertz CT molecular complexity index is 883. The molecular formula is C13H18N4O7. The third-order valence-electron chi connectivity index (χ3n) is 4.31. The minimum absolute atomic E-state index is 0.0103. The van der Waals surface area contributed by atoms with Gasteiger partial charge in [0.25, 0.3) is 5.56 Å². The quantitative estimate of drug-likeness (QED) is 0.437. The molecule has 11 nitrogen and oxygen atoms in total. The lowest BCUT2D eigenvalue weighted by atomic mass is 9.98. The van der Waals surface area contributed by atoms with Crippen LogP contribution in [-0.2, 0) is 18.8 Å². The van der Waals surface area contributed by atoms with Crippen LogP contribution in [0.3, 0.4) is 0 Å². The number of hydrogen-bond donors (Lipinski definition) is 4. The Morgan fingerprint density at radius 2 is 1.79 bits per heavy atom. The molecule has 5 atom stereocenters. The molecule has 0 aliphatic carbocycles. The molecule has 11 heteroatoms. The van der Waals surface area contributed by atoms with Crippen LogP contribution < -0.4 is 11.2 Å². The van der Waals surface area contributed by atoms with Crippen molar-refractivity contribution in [2.24, 2.45) is 14.1 Å². The third-order valence-corrected chi connectivity index (χ3v) is 4.31. The second kappa shape index (κ2) is 5.79. The van der Waals surface area contributed by atoms with Crippen molar-refractivity contribution in [3.05, 3.63) is 27.2 Å². The zero-order valence-electron chi connectivity index (χ0n) is 13.0. The maximum Gasteiger partial charge on any atom is 0.332 e. The first kappa shape index (κ1) is 16.8. The van der Waals surface area contributed by atoms with Gasteiger partial charge in [-0.3, -0.25) is 18.5 Å². The summed E-state index contributed by atoms with van der Waals surface area (Å²) in [6.07, 6.45) is -5.86. The molecular weight excluding hydrogens is 324 g/mol. The van der Waals surface area contributed by atoms with Gasteiger partial charge in [-0.15, -0.1) is 0 Å². The van der Waals surface area contributed by atoms with Gasteiger partial charge in [-0.25, -0.2) is 9.78 Å². The van der Waals surface area contributed by atoms with E-state index in [9.17, 15) is 30.0 Å². The minimum Gasteiger partial charge on any atom is -0.394 e. The molecule has 2 aromatic rings. The van der Waals surface area contributed by atoms with E-state index in [4.69, 9.17) is 4.74 Å². The standard InChI is InChI=1S/C13H18N4O7/c1-15-10-6(11(22)16(2)13(15)23)17(4-14-10)12-9(21)8(20)7(19)5(3-18)24-12/h4-5,7-9,12,18-21H,3H2,1-2H3/t5-,7-,8+,9+,12+/m1/s1. The van der Waals surface area contributed by atoms with E-state index in [2.05, 4.69) is 4.98 Å². The first-order valence-corrected chi connectivity index (χ1v) is 7.22. The molecule has 4 N–H and O–H groups in total. The normalized spacial score (nSPS) is 30.8. The van der Waals surface area contributed by atoms with E-state index in [0.717, 1.165) is 9.13 Å². The van der Waals surface area contributed by atoms with Crippen LogP contribution in [0.1, 0.15) is 6.23 Å². The van der Waals surface area contributed by atoms with Crippen LogP contribution in [0.4, 0.5) is 0 Å². The van der Waals surface area contributed by atoms with E-state index in [1.807, 2.05) is 0 Å². The van der Waals surface area contributed by atoms with Gasteiger partial charge < -0.3 is 25.2 Å². The highest BCUT2D eigenvalue weighted by Gasteiger charge is 2.44. The number of hydrogen-bond acceptors (Lipinski definition) is 8. The molecule has 1 fully saturated rings.